The van der Waals surface area contributed by atoms with E-state index in [2.05, 4.69) is 5.32 Å². The van der Waals surface area contributed by atoms with Crippen molar-refractivity contribution in [1.82, 2.24) is 10.2 Å². The van der Waals surface area contributed by atoms with Crippen molar-refractivity contribution >= 4 is 18.1 Å². The largest absolute Gasteiger partial charge is 0.493 e. The fourth-order valence-corrected chi connectivity index (χ4v) is 4.31. The Kier molecular flexibility index (Phi) is 7.51. The molecule has 1 heterocycles. The van der Waals surface area contributed by atoms with Crippen LogP contribution in [0.5, 0.6) is 11.5 Å². The van der Waals surface area contributed by atoms with E-state index in [0.717, 1.165) is 6.08 Å². The Labute approximate surface area is 193 Å². The highest BCUT2D eigenvalue weighted by Crippen LogP contribution is 2.51. The number of carbonyl (C=O) groups excluding carboxylic acids is 3. The van der Waals surface area contributed by atoms with Gasteiger partial charge < -0.3 is 29.9 Å². The molecule has 0 bridgehead atoms. The average Bonchev–Trinajstić information content (AvgIpc) is 3.19. The zero-order chi connectivity index (χ0) is 25.2. The number of nitrogens with one attached hydrogen (secondary N) is 1. The molecule has 1 aliphatic carbocycles. The summed E-state index contributed by atoms with van der Waals surface area (Å²) in [4.78, 5) is 37.3. The molecular weight excluding hydrogens is 461 g/mol. The van der Waals surface area contributed by atoms with Gasteiger partial charge in [0.15, 0.2) is 11.5 Å². The van der Waals surface area contributed by atoms with Gasteiger partial charge in [-0.2, -0.15) is 13.2 Å². The third-order valence-electron chi connectivity index (χ3n) is 5.74. The predicted molar refractivity (Wildman–Crippen MR) is 112 cm³/mol. The van der Waals surface area contributed by atoms with Crippen LogP contribution < -0.4 is 14.8 Å². The summed E-state index contributed by atoms with van der Waals surface area (Å²) < 4.78 is 51.0. The molecule has 9 nitrogen and oxygen atoms in total. The lowest BCUT2D eigenvalue weighted by atomic mass is 9.77. The van der Waals surface area contributed by atoms with Gasteiger partial charge in [-0.05, 0) is 18.2 Å². The first kappa shape index (κ1) is 25.5. The van der Waals surface area contributed by atoms with Crippen LogP contribution >= 0.6 is 0 Å². The summed E-state index contributed by atoms with van der Waals surface area (Å²) in [7, 11) is 1.32. The number of aldehydes is 1. The van der Waals surface area contributed by atoms with E-state index >= 15 is 0 Å². The molecule has 0 aromatic heterocycles. The van der Waals surface area contributed by atoms with Crippen LogP contribution in [0.15, 0.2) is 23.8 Å². The molecule has 34 heavy (non-hydrogen) atoms. The number of rotatable bonds is 8. The second-order valence-corrected chi connectivity index (χ2v) is 7.89. The van der Waals surface area contributed by atoms with E-state index in [9.17, 15) is 32.7 Å². The second-order valence-electron chi connectivity index (χ2n) is 7.89. The highest BCUT2D eigenvalue weighted by atomic mass is 19.4. The summed E-state index contributed by atoms with van der Waals surface area (Å²) in [5.41, 5.74) is 0.471. The van der Waals surface area contributed by atoms with E-state index < -0.39 is 48.7 Å². The zero-order valence-electron chi connectivity index (χ0n) is 18.5. The summed E-state index contributed by atoms with van der Waals surface area (Å²) in [6.45, 7) is -0.765. The number of ether oxygens (including phenoxy) is 2. The minimum absolute atomic E-state index is 0.0614. The van der Waals surface area contributed by atoms with Crippen LogP contribution in [0.25, 0.3) is 0 Å². The van der Waals surface area contributed by atoms with Gasteiger partial charge in [-0.1, -0.05) is 6.92 Å². The molecule has 3 N–H and O–H groups in total. The number of alkyl halides is 3. The third-order valence-corrected chi connectivity index (χ3v) is 5.74. The Morgan fingerprint density at radius 2 is 2.03 bits per heavy atom. The van der Waals surface area contributed by atoms with E-state index in [1.54, 1.807) is 0 Å². The standard InChI is InChI=1S/C22H25F3N2O7/c1-3-16(30)27(10-22(23,24)25)14-8-13(21(32)26-4-5-28)17-12-6-11(9-29)7-15(33-2)19(12)34-20(17)18(14)31/h6-9,14,17-18,20,28,31H,3-5,10H2,1-2H3,(H,26,32). The Morgan fingerprint density at radius 1 is 1.32 bits per heavy atom. The van der Waals surface area contributed by atoms with E-state index in [0.29, 0.717) is 16.7 Å². The van der Waals surface area contributed by atoms with Crippen LogP contribution in [0.4, 0.5) is 13.2 Å². The molecule has 1 aliphatic heterocycles. The fourth-order valence-electron chi connectivity index (χ4n) is 4.31. The molecule has 0 saturated carbocycles. The number of fused-ring (bicyclic) bond motifs is 3. The Morgan fingerprint density at radius 3 is 2.59 bits per heavy atom. The van der Waals surface area contributed by atoms with Gasteiger partial charge in [-0.3, -0.25) is 14.4 Å². The number of hydrogen-bond donors (Lipinski definition) is 3. The molecular formula is C22H25F3N2O7. The van der Waals surface area contributed by atoms with Gasteiger partial charge in [0.05, 0.1) is 25.7 Å². The maximum atomic E-state index is 13.3. The first-order valence-electron chi connectivity index (χ1n) is 10.5. The van der Waals surface area contributed by atoms with Crippen LogP contribution in [0.1, 0.15) is 35.2 Å². The van der Waals surface area contributed by atoms with E-state index in [1.165, 1.54) is 26.2 Å². The highest BCUT2D eigenvalue weighted by molar-refractivity contribution is 5.96. The molecule has 2 amide bonds. The Hall–Kier alpha value is -3.12. The maximum absolute atomic E-state index is 13.3. The van der Waals surface area contributed by atoms with Crippen LogP contribution in [0, 0.1) is 0 Å². The lowest BCUT2D eigenvalue weighted by molar-refractivity contribution is -0.170. The molecule has 0 saturated heterocycles. The van der Waals surface area contributed by atoms with Crippen molar-refractivity contribution in [3.05, 3.63) is 34.9 Å². The van der Waals surface area contributed by atoms with Crippen molar-refractivity contribution in [2.75, 3.05) is 26.8 Å². The minimum Gasteiger partial charge on any atom is -0.493 e. The molecule has 4 unspecified atom stereocenters. The number of halogens is 3. The normalized spacial score (nSPS) is 23.2. The smallest absolute Gasteiger partial charge is 0.406 e. The minimum atomic E-state index is -4.75. The van der Waals surface area contributed by atoms with Crippen molar-refractivity contribution in [1.29, 1.82) is 0 Å². The third kappa shape index (κ3) is 4.87. The number of aliphatic hydroxyl groups is 2. The lowest BCUT2D eigenvalue weighted by Crippen LogP contribution is -2.57. The van der Waals surface area contributed by atoms with Gasteiger partial charge in [-0.15, -0.1) is 0 Å². The molecule has 0 radical (unpaired) electrons. The van der Waals surface area contributed by atoms with Crippen LogP contribution in [0.3, 0.4) is 0 Å². The average molecular weight is 486 g/mol. The van der Waals surface area contributed by atoms with Gasteiger partial charge in [-0.25, -0.2) is 0 Å². The SMILES string of the molecule is CCC(=O)N(CC(F)(F)F)C1C=C(C(=O)NCCO)C2c3cc(C=O)cc(OC)c3OC2C1O. The second kappa shape index (κ2) is 10.0. The molecule has 1 aromatic carbocycles. The van der Waals surface area contributed by atoms with Gasteiger partial charge in [0.25, 0.3) is 0 Å². The lowest BCUT2D eigenvalue weighted by Gasteiger charge is -2.40. The van der Waals surface area contributed by atoms with Crippen molar-refractivity contribution in [3.63, 3.8) is 0 Å². The van der Waals surface area contributed by atoms with Crippen molar-refractivity contribution in [2.24, 2.45) is 0 Å². The molecule has 4 atom stereocenters. The van der Waals surface area contributed by atoms with E-state index in [-0.39, 0.29) is 42.2 Å². The van der Waals surface area contributed by atoms with Gasteiger partial charge in [0.2, 0.25) is 11.8 Å². The summed E-state index contributed by atoms with van der Waals surface area (Å²) in [6.07, 6.45) is -6.21. The number of aliphatic hydroxyl groups excluding tert-OH is 2. The van der Waals surface area contributed by atoms with Crippen molar-refractivity contribution in [3.8, 4) is 11.5 Å². The summed E-state index contributed by atoms with van der Waals surface area (Å²) in [5.74, 6) is -2.28. The molecule has 1 aromatic rings. The number of methoxy groups -OCH3 is 1. The summed E-state index contributed by atoms with van der Waals surface area (Å²) in [6, 6.07) is 1.32. The van der Waals surface area contributed by atoms with Crippen LogP contribution in [-0.2, 0) is 9.59 Å². The van der Waals surface area contributed by atoms with Crippen LogP contribution in [-0.4, -0.2) is 84.4 Å². The van der Waals surface area contributed by atoms with Crippen LogP contribution in [0.2, 0.25) is 0 Å². The number of benzene rings is 1. The van der Waals surface area contributed by atoms with Crippen molar-refractivity contribution < 1.29 is 47.2 Å². The van der Waals surface area contributed by atoms with E-state index in [1.807, 2.05) is 0 Å². The summed E-state index contributed by atoms with van der Waals surface area (Å²) in [5, 5.41) is 22.6. The topological polar surface area (TPSA) is 125 Å². The monoisotopic (exact) mass is 486 g/mol. The molecule has 186 valence electrons. The van der Waals surface area contributed by atoms with Gasteiger partial charge >= 0.3 is 6.18 Å². The number of nitrogens with zero attached hydrogens (tertiary/aromatic N) is 1. The van der Waals surface area contributed by atoms with Gasteiger partial charge in [0.1, 0.15) is 25.0 Å². The zero-order valence-corrected chi connectivity index (χ0v) is 18.5. The van der Waals surface area contributed by atoms with E-state index in [4.69, 9.17) is 14.6 Å². The summed E-state index contributed by atoms with van der Waals surface area (Å²) >= 11 is 0. The highest BCUT2D eigenvalue weighted by Gasteiger charge is 2.52. The molecule has 0 fully saturated rings. The van der Waals surface area contributed by atoms with Crippen molar-refractivity contribution in [2.45, 2.75) is 43.7 Å². The predicted octanol–water partition coefficient (Wildman–Crippen LogP) is 0.931. The Balaban J connectivity index is 2.15. The maximum Gasteiger partial charge on any atom is 0.406 e. The number of hydrogen-bond acceptors (Lipinski definition) is 7. The number of amides is 2. The molecule has 12 heteroatoms. The first-order chi connectivity index (χ1) is 16.1. The molecule has 2 aliphatic rings. The van der Waals surface area contributed by atoms with Gasteiger partial charge in [0, 0.05) is 29.7 Å². The molecule has 0 spiro atoms. The number of carbonyl (C=O) groups is 3. The quantitative estimate of drug-likeness (QED) is 0.467. The molecule has 3 rings (SSSR count). The Bertz CT molecular complexity index is 995. The first-order valence-corrected chi connectivity index (χ1v) is 10.5. The fraction of sp³-hybridized carbons (Fsp3) is 0.500.